The zero-order chi connectivity index (χ0) is 29.8. The molecule has 5 rings (SSSR count). The molecule has 2 amide bonds. The lowest BCUT2D eigenvalue weighted by molar-refractivity contribution is -0.117. The number of amides is 2. The summed E-state index contributed by atoms with van der Waals surface area (Å²) in [5, 5.41) is 5.90. The van der Waals surface area contributed by atoms with Gasteiger partial charge in [-0.1, -0.05) is 41.4 Å². The third kappa shape index (κ3) is 6.17. The number of fused-ring (bicyclic) bond motifs is 1. The molecule has 2 N–H and O–H groups in total. The highest BCUT2D eigenvalue weighted by atomic mass is 35.5. The number of para-hydroxylation sites is 1. The van der Waals surface area contributed by atoms with Crippen LogP contribution in [0.2, 0.25) is 10.0 Å². The Labute approximate surface area is 249 Å². The summed E-state index contributed by atoms with van der Waals surface area (Å²) in [6.07, 6.45) is 1.80. The molecule has 214 valence electrons. The first-order valence-electron chi connectivity index (χ1n) is 12.8. The van der Waals surface area contributed by atoms with Crippen LogP contribution in [0.5, 0.6) is 11.6 Å². The predicted octanol–water partition coefficient (Wildman–Crippen LogP) is 5.40. The quantitative estimate of drug-likeness (QED) is 0.274. The fourth-order valence-electron chi connectivity index (χ4n) is 4.23. The predicted molar refractivity (Wildman–Crippen MR) is 155 cm³/mol. The SMILES string of the molecule is CCOc1cc(Cl)cc(Cl)c1C1=NC(NC(=O)c2cc(F)cnc2OC(C)c2ncccn2)C(=O)Nc2ccccc21. The Balaban J connectivity index is 1.54. The minimum atomic E-state index is -1.47. The number of aromatic nitrogens is 3. The van der Waals surface area contributed by atoms with E-state index < -0.39 is 29.9 Å². The van der Waals surface area contributed by atoms with Crippen molar-refractivity contribution in [2.45, 2.75) is 26.1 Å². The number of nitrogens with one attached hydrogen (secondary N) is 2. The van der Waals surface area contributed by atoms with Crippen molar-refractivity contribution in [1.29, 1.82) is 0 Å². The normalized spacial score (nSPS) is 15.0. The average molecular weight is 609 g/mol. The molecule has 13 heteroatoms. The summed E-state index contributed by atoms with van der Waals surface area (Å²) < 4.78 is 25.9. The lowest BCUT2D eigenvalue weighted by Crippen LogP contribution is -2.42. The Hall–Kier alpha value is -4.61. The third-order valence-corrected chi connectivity index (χ3v) is 6.59. The van der Waals surface area contributed by atoms with E-state index >= 15 is 0 Å². The molecule has 0 spiro atoms. The van der Waals surface area contributed by atoms with Gasteiger partial charge in [-0.3, -0.25) is 9.59 Å². The van der Waals surface area contributed by atoms with Crippen LogP contribution in [0, 0.1) is 5.82 Å². The molecule has 2 atom stereocenters. The van der Waals surface area contributed by atoms with Gasteiger partial charge in [0.1, 0.15) is 17.1 Å². The van der Waals surface area contributed by atoms with Crippen LogP contribution < -0.4 is 20.1 Å². The van der Waals surface area contributed by atoms with Gasteiger partial charge in [0.15, 0.2) is 11.9 Å². The van der Waals surface area contributed by atoms with Crippen molar-refractivity contribution in [3.8, 4) is 11.6 Å². The summed E-state index contributed by atoms with van der Waals surface area (Å²) in [5.74, 6) is -1.81. The number of benzodiazepines with no additional fused rings is 1. The van der Waals surface area contributed by atoms with Crippen LogP contribution in [0.25, 0.3) is 0 Å². The maximum Gasteiger partial charge on any atom is 0.269 e. The van der Waals surface area contributed by atoms with Gasteiger partial charge in [0, 0.05) is 23.0 Å². The highest BCUT2D eigenvalue weighted by Gasteiger charge is 2.31. The maximum absolute atomic E-state index is 14.3. The number of pyridine rings is 1. The molecule has 3 heterocycles. The van der Waals surface area contributed by atoms with Crippen molar-refractivity contribution < 1.29 is 23.5 Å². The van der Waals surface area contributed by atoms with Crippen molar-refractivity contribution in [3.05, 3.63) is 105 Å². The first-order chi connectivity index (χ1) is 20.2. The fraction of sp³-hybridized carbons (Fsp3) is 0.172. The molecule has 0 aliphatic carbocycles. The number of rotatable bonds is 8. The van der Waals surface area contributed by atoms with Crippen molar-refractivity contribution in [2.75, 3.05) is 11.9 Å². The number of hydrogen-bond acceptors (Lipinski definition) is 8. The van der Waals surface area contributed by atoms with Crippen molar-refractivity contribution in [1.82, 2.24) is 20.3 Å². The molecular weight excluding hydrogens is 586 g/mol. The van der Waals surface area contributed by atoms with E-state index in [9.17, 15) is 14.0 Å². The number of hydrogen-bond donors (Lipinski definition) is 2. The summed E-state index contributed by atoms with van der Waals surface area (Å²) >= 11 is 12.9. The van der Waals surface area contributed by atoms with E-state index in [0.717, 1.165) is 12.3 Å². The van der Waals surface area contributed by atoms with Crippen LogP contribution in [0.4, 0.5) is 10.1 Å². The molecule has 0 bridgehead atoms. The number of halogens is 3. The second kappa shape index (κ2) is 12.5. The summed E-state index contributed by atoms with van der Waals surface area (Å²) in [4.78, 5) is 43.7. The number of aliphatic imine (C=N–C) groups is 1. The summed E-state index contributed by atoms with van der Waals surface area (Å²) in [6.45, 7) is 3.76. The molecule has 10 nitrogen and oxygen atoms in total. The Kier molecular flexibility index (Phi) is 8.60. The van der Waals surface area contributed by atoms with Gasteiger partial charge < -0.3 is 20.1 Å². The molecule has 2 unspecified atom stereocenters. The smallest absolute Gasteiger partial charge is 0.269 e. The van der Waals surface area contributed by atoms with Gasteiger partial charge in [-0.25, -0.2) is 24.3 Å². The Morgan fingerprint density at radius 2 is 1.88 bits per heavy atom. The molecule has 2 aromatic heterocycles. The Morgan fingerprint density at radius 1 is 1.12 bits per heavy atom. The molecule has 0 radical (unpaired) electrons. The van der Waals surface area contributed by atoms with Gasteiger partial charge in [-0.05, 0) is 44.2 Å². The first-order valence-corrected chi connectivity index (χ1v) is 13.5. The molecule has 0 fully saturated rings. The van der Waals surface area contributed by atoms with Gasteiger partial charge in [0.2, 0.25) is 12.0 Å². The van der Waals surface area contributed by atoms with Gasteiger partial charge in [-0.2, -0.15) is 0 Å². The molecule has 1 aliphatic rings. The van der Waals surface area contributed by atoms with E-state index in [4.69, 9.17) is 32.7 Å². The first kappa shape index (κ1) is 28.9. The van der Waals surface area contributed by atoms with E-state index in [0.29, 0.717) is 40.0 Å². The number of ether oxygens (including phenoxy) is 2. The molecule has 2 aromatic carbocycles. The van der Waals surface area contributed by atoms with Crippen LogP contribution in [0.15, 0.2) is 72.1 Å². The van der Waals surface area contributed by atoms with Gasteiger partial charge in [0.05, 0.1) is 34.8 Å². The summed E-state index contributed by atoms with van der Waals surface area (Å²) in [6, 6.07) is 12.6. The van der Waals surface area contributed by atoms with E-state index in [1.807, 2.05) is 0 Å². The van der Waals surface area contributed by atoms with Crippen molar-refractivity contribution in [2.24, 2.45) is 4.99 Å². The van der Waals surface area contributed by atoms with Crippen LogP contribution in [-0.2, 0) is 4.79 Å². The largest absolute Gasteiger partial charge is 0.493 e. The van der Waals surface area contributed by atoms with E-state index in [2.05, 4.69) is 30.6 Å². The minimum Gasteiger partial charge on any atom is -0.493 e. The van der Waals surface area contributed by atoms with Gasteiger partial charge in [0.25, 0.3) is 11.8 Å². The number of anilines is 1. The maximum atomic E-state index is 14.3. The number of benzene rings is 2. The highest BCUT2D eigenvalue weighted by Crippen LogP contribution is 2.36. The Morgan fingerprint density at radius 3 is 2.64 bits per heavy atom. The second-order valence-electron chi connectivity index (χ2n) is 8.96. The molecular formula is C29H23Cl2FN6O4. The third-order valence-electron chi connectivity index (χ3n) is 6.07. The number of nitrogens with zero attached hydrogens (tertiary/aromatic N) is 4. The minimum absolute atomic E-state index is 0.185. The number of carbonyl (C=O) groups is 2. The molecule has 1 aliphatic heterocycles. The van der Waals surface area contributed by atoms with Crippen LogP contribution in [0.3, 0.4) is 0 Å². The van der Waals surface area contributed by atoms with E-state index in [1.54, 1.807) is 50.2 Å². The standard InChI is InChI=1S/C29H23Cl2FN6O4/c1-3-41-22-12-16(30)11-20(31)23(22)24-18-7-4-5-8-21(18)36-28(40)26(37-24)38-27(39)19-13-17(32)14-35-29(19)42-15(2)25-33-9-6-10-34-25/h4-15,26H,3H2,1-2H3,(H,36,40)(H,38,39). The summed E-state index contributed by atoms with van der Waals surface area (Å²) in [7, 11) is 0. The lowest BCUT2D eigenvalue weighted by Gasteiger charge is -2.18. The molecule has 42 heavy (non-hydrogen) atoms. The second-order valence-corrected chi connectivity index (χ2v) is 9.80. The highest BCUT2D eigenvalue weighted by molar-refractivity contribution is 6.39. The van der Waals surface area contributed by atoms with Gasteiger partial charge in [-0.15, -0.1) is 0 Å². The molecule has 0 saturated carbocycles. The fourth-order valence-corrected chi connectivity index (χ4v) is 4.79. The lowest BCUT2D eigenvalue weighted by atomic mass is 9.99. The van der Waals surface area contributed by atoms with Crippen LogP contribution in [0.1, 0.15) is 47.3 Å². The summed E-state index contributed by atoms with van der Waals surface area (Å²) in [5.41, 5.74) is 1.34. The zero-order valence-corrected chi connectivity index (χ0v) is 23.8. The van der Waals surface area contributed by atoms with Crippen molar-refractivity contribution in [3.63, 3.8) is 0 Å². The Bertz CT molecular complexity index is 1690. The molecule has 4 aromatic rings. The van der Waals surface area contributed by atoms with Crippen molar-refractivity contribution >= 4 is 46.4 Å². The van der Waals surface area contributed by atoms with Gasteiger partial charge >= 0.3 is 0 Å². The number of carbonyl (C=O) groups excluding carboxylic acids is 2. The van der Waals surface area contributed by atoms with Crippen LogP contribution in [-0.4, -0.2) is 45.3 Å². The van der Waals surface area contributed by atoms with Crippen LogP contribution >= 0.6 is 23.2 Å². The zero-order valence-electron chi connectivity index (χ0n) is 22.3. The topological polar surface area (TPSA) is 128 Å². The monoisotopic (exact) mass is 608 g/mol. The molecule has 0 saturated heterocycles. The van der Waals surface area contributed by atoms with E-state index in [-0.39, 0.29) is 22.2 Å². The average Bonchev–Trinajstić information content (AvgIpc) is 3.10. The van der Waals surface area contributed by atoms with E-state index in [1.165, 1.54) is 18.5 Å².